The second kappa shape index (κ2) is 4.30. The van der Waals surface area contributed by atoms with Crippen LogP contribution >= 0.6 is 11.6 Å². The van der Waals surface area contributed by atoms with E-state index in [0.717, 1.165) is 31.2 Å². The van der Waals surface area contributed by atoms with Crippen LogP contribution in [-0.4, -0.2) is 5.54 Å². The highest BCUT2D eigenvalue weighted by Gasteiger charge is 2.37. The normalized spacial score (nSPS) is 17.8. The van der Waals surface area contributed by atoms with Crippen molar-refractivity contribution in [3.63, 3.8) is 0 Å². The van der Waals surface area contributed by atoms with Crippen LogP contribution in [0.25, 0.3) is 0 Å². The summed E-state index contributed by atoms with van der Waals surface area (Å²) in [6, 6.07) is 4.45. The number of nitrogens with two attached hydrogens (primary N) is 1. The molecule has 1 aromatic rings. The zero-order chi connectivity index (χ0) is 11.8. The van der Waals surface area contributed by atoms with Crippen LogP contribution in [0.4, 0.5) is 8.78 Å². The predicted molar refractivity (Wildman–Crippen MR) is 60.9 cm³/mol. The minimum Gasteiger partial charge on any atom is -0.325 e. The van der Waals surface area contributed by atoms with E-state index in [-0.39, 0.29) is 11.1 Å². The third-order valence-corrected chi connectivity index (χ3v) is 3.47. The molecule has 0 saturated heterocycles. The Balaban J connectivity index is 2.04. The molecule has 2 rings (SSSR count). The van der Waals surface area contributed by atoms with Gasteiger partial charge < -0.3 is 5.73 Å². The Kier molecular flexibility index (Phi) is 3.17. The fourth-order valence-corrected chi connectivity index (χ4v) is 1.98. The van der Waals surface area contributed by atoms with Crippen LogP contribution in [0.5, 0.6) is 0 Å². The average molecular weight is 246 g/mol. The van der Waals surface area contributed by atoms with E-state index in [1.54, 1.807) is 6.07 Å². The monoisotopic (exact) mass is 245 g/mol. The van der Waals surface area contributed by atoms with Crippen LogP contribution in [0.1, 0.15) is 36.8 Å². The Hall–Kier alpha value is -0.670. The molecule has 1 nitrogen and oxygen atoms in total. The lowest BCUT2D eigenvalue weighted by Crippen LogP contribution is -2.22. The van der Waals surface area contributed by atoms with Crippen molar-refractivity contribution in [2.24, 2.45) is 5.73 Å². The highest BCUT2D eigenvalue weighted by atomic mass is 35.5. The molecule has 0 unspecified atom stereocenters. The third-order valence-electron chi connectivity index (χ3n) is 3.11. The van der Waals surface area contributed by atoms with Gasteiger partial charge in [0.25, 0.3) is 6.43 Å². The Morgan fingerprint density at radius 1 is 1.38 bits per heavy atom. The molecular weight excluding hydrogens is 232 g/mol. The van der Waals surface area contributed by atoms with Crippen LogP contribution < -0.4 is 5.73 Å². The molecule has 0 amide bonds. The standard InChI is InChI=1S/C12H14ClF2N/c13-10-7-9(11(14)15)2-1-8(10)3-4-12(16)5-6-12/h1-2,7,11H,3-6,16H2. The van der Waals surface area contributed by atoms with Gasteiger partial charge in [-0.05, 0) is 37.3 Å². The number of halogens is 3. The molecule has 0 heterocycles. The lowest BCUT2D eigenvalue weighted by atomic mass is 10.0. The van der Waals surface area contributed by atoms with Crippen LogP contribution in [0.15, 0.2) is 18.2 Å². The zero-order valence-corrected chi connectivity index (χ0v) is 9.61. The summed E-state index contributed by atoms with van der Waals surface area (Å²) in [5.74, 6) is 0. The summed E-state index contributed by atoms with van der Waals surface area (Å²) in [5, 5.41) is 0.419. The van der Waals surface area contributed by atoms with Gasteiger partial charge in [-0.3, -0.25) is 0 Å². The van der Waals surface area contributed by atoms with Gasteiger partial charge in [0.15, 0.2) is 0 Å². The zero-order valence-electron chi connectivity index (χ0n) is 8.85. The van der Waals surface area contributed by atoms with Crippen LogP contribution in [-0.2, 0) is 6.42 Å². The Labute approximate surface area is 98.6 Å². The second-order valence-electron chi connectivity index (χ2n) is 4.51. The summed E-state index contributed by atoms with van der Waals surface area (Å²) < 4.78 is 24.8. The van der Waals surface area contributed by atoms with Crippen LogP contribution in [0.2, 0.25) is 5.02 Å². The quantitative estimate of drug-likeness (QED) is 0.860. The second-order valence-corrected chi connectivity index (χ2v) is 4.92. The molecule has 0 radical (unpaired) electrons. The van der Waals surface area contributed by atoms with Crippen molar-refractivity contribution in [1.29, 1.82) is 0 Å². The highest BCUT2D eigenvalue weighted by Crippen LogP contribution is 2.37. The van der Waals surface area contributed by atoms with Crippen molar-refractivity contribution in [3.05, 3.63) is 34.3 Å². The van der Waals surface area contributed by atoms with Gasteiger partial charge in [0.2, 0.25) is 0 Å². The maximum absolute atomic E-state index is 12.4. The van der Waals surface area contributed by atoms with E-state index in [4.69, 9.17) is 17.3 Å². The van der Waals surface area contributed by atoms with E-state index < -0.39 is 6.43 Å². The van der Waals surface area contributed by atoms with E-state index in [2.05, 4.69) is 0 Å². The first-order valence-corrected chi connectivity index (χ1v) is 5.73. The van der Waals surface area contributed by atoms with Gasteiger partial charge in [0.1, 0.15) is 0 Å². The van der Waals surface area contributed by atoms with Gasteiger partial charge in [0, 0.05) is 16.1 Å². The largest absolute Gasteiger partial charge is 0.325 e. The molecule has 1 aliphatic rings. The van der Waals surface area contributed by atoms with Crippen LogP contribution in [0.3, 0.4) is 0 Å². The minimum absolute atomic E-state index is 0.0231. The summed E-state index contributed by atoms with van der Waals surface area (Å²) >= 11 is 5.95. The minimum atomic E-state index is -2.46. The van der Waals surface area contributed by atoms with Crippen molar-refractivity contribution in [2.45, 2.75) is 37.6 Å². The first-order valence-electron chi connectivity index (χ1n) is 5.36. The van der Waals surface area contributed by atoms with Gasteiger partial charge in [-0.15, -0.1) is 0 Å². The first kappa shape index (κ1) is 11.8. The van der Waals surface area contributed by atoms with Gasteiger partial charge >= 0.3 is 0 Å². The van der Waals surface area contributed by atoms with Crippen molar-refractivity contribution in [2.75, 3.05) is 0 Å². The number of hydrogen-bond donors (Lipinski definition) is 1. The third kappa shape index (κ3) is 2.71. The van der Waals surface area contributed by atoms with Crippen molar-refractivity contribution in [1.82, 2.24) is 0 Å². The first-order chi connectivity index (χ1) is 7.50. The van der Waals surface area contributed by atoms with Gasteiger partial charge in [0.05, 0.1) is 0 Å². The lowest BCUT2D eigenvalue weighted by Gasteiger charge is -2.10. The van der Waals surface area contributed by atoms with E-state index in [9.17, 15) is 8.78 Å². The van der Waals surface area contributed by atoms with Gasteiger partial charge in [-0.1, -0.05) is 23.7 Å². The Bertz CT molecular complexity index is 389. The number of benzene rings is 1. The summed E-state index contributed by atoms with van der Waals surface area (Å²) in [4.78, 5) is 0. The van der Waals surface area contributed by atoms with Crippen molar-refractivity contribution >= 4 is 11.6 Å². The average Bonchev–Trinajstić information content (AvgIpc) is 2.95. The van der Waals surface area contributed by atoms with Gasteiger partial charge in [-0.2, -0.15) is 0 Å². The van der Waals surface area contributed by atoms with E-state index in [1.807, 2.05) is 0 Å². The molecule has 88 valence electrons. The summed E-state index contributed by atoms with van der Waals surface area (Å²) in [5.41, 5.74) is 6.82. The van der Waals surface area contributed by atoms with E-state index in [1.165, 1.54) is 12.1 Å². The Morgan fingerprint density at radius 2 is 2.06 bits per heavy atom. The summed E-state index contributed by atoms with van der Waals surface area (Å²) in [7, 11) is 0. The molecule has 1 aromatic carbocycles. The Morgan fingerprint density at radius 3 is 2.56 bits per heavy atom. The number of alkyl halides is 2. The fraction of sp³-hybridized carbons (Fsp3) is 0.500. The number of hydrogen-bond acceptors (Lipinski definition) is 1. The van der Waals surface area contributed by atoms with Crippen LogP contribution in [0, 0.1) is 0 Å². The van der Waals surface area contributed by atoms with Gasteiger partial charge in [-0.25, -0.2) is 8.78 Å². The SMILES string of the molecule is NC1(CCc2ccc(C(F)F)cc2Cl)CC1. The molecule has 16 heavy (non-hydrogen) atoms. The maximum atomic E-state index is 12.4. The molecule has 1 fully saturated rings. The summed E-state index contributed by atoms with van der Waals surface area (Å²) in [6.45, 7) is 0. The molecule has 0 bridgehead atoms. The van der Waals surface area contributed by atoms with E-state index >= 15 is 0 Å². The molecule has 0 aromatic heterocycles. The smallest absolute Gasteiger partial charge is 0.263 e. The molecule has 0 aliphatic heterocycles. The van der Waals surface area contributed by atoms with E-state index in [0.29, 0.717) is 5.02 Å². The van der Waals surface area contributed by atoms with Crippen molar-refractivity contribution < 1.29 is 8.78 Å². The molecule has 2 N–H and O–H groups in total. The molecule has 1 aliphatic carbocycles. The number of aryl methyl sites for hydroxylation is 1. The topological polar surface area (TPSA) is 26.0 Å². The predicted octanol–water partition coefficient (Wildman–Crippen LogP) is 3.70. The maximum Gasteiger partial charge on any atom is 0.263 e. The molecular formula is C12H14ClF2N. The lowest BCUT2D eigenvalue weighted by molar-refractivity contribution is 0.151. The summed E-state index contributed by atoms with van der Waals surface area (Å²) in [6.07, 6.45) is 1.29. The molecule has 1 saturated carbocycles. The molecule has 0 atom stereocenters. The molecule has 0 spiro atoms. The number of rotatable bonds is 4. The molecule has 4 heteroatoms. The van der Waals surface area contributed by atoms with Crippen molar-refractivity contribution in [3.8, 4) is 0 Å². The highest BCUT2D eigenvalue weighted by molar-refractivity contribution is 6.31. The fourth-order valence-electron chi connectivity index (χ4n) is 1.70.